The van der Waals surface area contributed by atoms with E-state index in [1.807, 2.05) is 13.0 Å². The average molecular weight is 434 g/mol. The van der Waals surface area contributed by atoms with Crippen molar-refractivity contribution in [3.8, 4) is 0 Å². The Morgan fingerprint density at radius 3 is 2.59 bits per heavy atom. The second kappa shape index (κ2) is 8.22. The standard InChI is InChI=1S/C22H22N6O4/c1-4-10-26-21(29)16-7-5-6-15-18(9-8-17(20(15)16)22(26)30)25-24-13(2)12-27-14(3)23-11-19(27)28(31)32/h5-9,11,25H,4,10,12H2,1-3H3/b24-13+. The normalized spacial score (nSPS) is 13.7. The van der Waals surface area contributed by atoms with Crippen molar-refractivity contribution in [2.24, 2.45) is 5.10 Å². The van der Waals surface area contributed by atoms with Gasteiger partial charge < -0.3 is 10.1 Å². The molecule has 1 aromatic heterocycles. The quantitative estimate of drug-likeness (QED) is 0.261. The molecular formula is C22H22N6O4. The number of hydrogen-bond donors (Lipinski definition) is 1. The van der Waals surface area contributed by atoms with E-state index in [-0.39, 0.29) is 24.2 Å². The fourth-order valence-corrected chi connectivity index (χ4v) is 3.89. The molecule has 1 aliphatic rings. The summed E-state index contributed by atoms with van der Waals surface area (Å²) in [5, 5.41) is 16.9. The zero-order chi connectivity index (χ0) is 23.0. The van der Waals surface area contributed by atoms with Gasteiger partial charge in [0.15, 0.2) is 5.82 Å². The number of hydrogen-bond acceptors (Lipinski definition) is 7. The van der Waals surface area contributed by atoms with E-state index in [0.29, 0.717) is 52.1 Å². The molecular weight excluding hydrogens is 412 g/mol. The first-order chi connectivity index (χ1) is 15.3. The Hall–Kier alpha value is -4.08. The number of nitrogens with one attached hydrogen (secondary N) is 1. The van der Waals surface area contributed by atoms with Crippen LogP contribution in [0.25, 0.3) is 10.8 Å². The van der Waals surface area contributed by atoms with Crippen LogP contribution in [0, 0.1) is 17.0 Å². The van der Waals surface area contributed by atoms with Gasteiger partial charge in [0.1, 0.15) is 12.7 Å². The molecule has 4 rings (SSSR count). The van der Waals surface area contributed by atoms with Gasteiger partial charge in [0.2, 0.25) is 0 Å². The highest BCUT2D eigenvalue weighted by Gasteiger charge is 2.32. The van der Waals surface area contributed by atoms with E-state index in [2.05, 4.69) is 15.5 Å². The Balaban J connectivity index is 1.67. The Morgan fingerprint density at radius 2 is 1.91 bits per heavy atom. The number of benzene rings is 2. The zero-order valence-corrected chi connectivity index (χ0v) is 18.0. The molecule has 2 heterocycles. The Kier molecular flexibility index (Phi) is 5.43. The Bertz CT molecular complexity index is 1270. The molecule has 2 amide bonds. The van der Waals surface area contributed by atoms with Gasteiger partial charge in [-0.2, -0.15) is 5.10 Å². The molecule has 0 saturated heterocycles. The van der Waals surface area contributed by atoms with Crippen LogP contribution >= 0.6 is 0 Å². The van der Waals surface area contributed by atoms with E-state index in [9.17, 15) is 19.7 Å². The summed E-state index contributed by atoms with van der Waals surface area (Å²) in [6, 6.07) is 8.78. The fraction of sp³-hybridized carbons (Fsp3) is 0.273. The molecule has 10 nitrogen and oxygen atoms in total. The highest BCUT2D eigenvalue weighted by Crippen LogP contribution is 2.34. The zero-order valence-electron chi connectivity index (χ0n) is 18.0. The molecule has 10 heteroatoms. The lowest BCUT2D eigenvalue weighted by atomic mass is 9.93. The van der Waals surface area contributed by atoms with Gasteiger partial charge in [0.05, 0.1) is 11.4 Å². The summed E-state index contributed by atoms with van der Waals surface area (Å²) in [4.78, 5) is 41.7. The van der Waals surface area contributed by atoms with Gasteiger partial charge in [-0.05, 0) is 36.5 Å². The topological polar surface area (TPSA) is 123 Å². The van der Waals surface area contributed by atoms with Crippen LogP contribution in [-0.4, -0.2) is 43.4 Å². The number of aryl methyl sites for hydroxylation is 1. The second-order valence-electron chi connectivity index (χ2n) is 7.62. The monoisotopic (exact) mass is 434 g/mol. The first kappa shape index (κ1) is 21.2. The lowest BCUT2D eigenvalue weighted by Crippen LogP contribution is -2.40. The van der Waals surface area contributed by atoms with Gasteiger partial charge in [-0.25, -0.2) is 9.55 Å². The van der Waals surface area contributed by atoms with Crippen molar-refractivity contribution in [1.29, 1.82) is 0 Å². The molecule has 0 unspecified atom stereocenters. The van der Waals surface area contributed by atoms with Crippen LogP contribution in [0.3, 0.4) is 0 Å². The minimum atomic E-state index is -0.483. The van der Waals surface area contributed by atoms with E-state index < -0.39 is 4.92 Å². The van der Waals surface area contributed by atoms with Crippen LogP contribution < -0.4 is 5.43 Å². The van der Waals surface area contributed by atoms with E-state index in [1.54, 1.807) is 38.1 Å². The number of hydrazone groups is 1. The molecule has 0 radical (unpaired) electrons. The van der Waals surface area contributed by atoms with Crippen molar-refractivity contribution in [3.63, 3.8) is 0 Å². The van der Waals surface area contributed by atoms with Gasteiger partial charge >= 0.3 is 5.82 Å². The molecule has 0 bridgehead atoms. The molecule has 1 N–H and O–H groups in total. The smallest absolute Gasteiger partial charge is 0.343 e. The third-order valence-corrected chi connectivity index (χ3v) is 5.41. The molecule has 164 valence electrons. The maximum Gasteiger partial charge on any atom is 0.343 e. The number of aromatic nitrogens is 2. The molecule has 0 spiro atoms. The predicted molar refractivity (Wildman–Crippen MR) is 120 cm³/mol. The molecule has 0 atom stereocenters. The molecule has 32 heavy (non-hydrogen) atoms. The lowest BCUT2D eigenvalue weighted by molar-refractivity contribution is -0.392. The van der Waals surface area contributed by atoms with E-state index in [0.717, 1.165) is 0 Å². The molecule has 3 aromatic rings. The summed E-state index contributed by atoms with van der Waals surface area (Å²) in [6.07, 6.45) is 1.91. The number of imidazole rings is 1. The summed E-state index contributed by atoms with van der Waals surface area (Å²) < 4.78 is 1.47. The van der Waals surface area contributed by atoms with Crippen LogP contribution in [0.15, 0.2) is 41.6 Å². The number of rotatable bonds is 7. The number of amides is 2. The first-order valence-corrected chi connectivity index (χ1v) is 10.2. The number of nitrogens with zero attached hydrogens (tertiary/aromatic N) is 5. The first-order valence-electron chi connectivity index (χ1n) is 10.2. The molecule has 0 saturated carbocycles. The van der Waals surface area contributed by atoms with Gasteiger partial charge in [-0.15, -0.1) is 0 Å². The highest BCUT2D eigenvalue weighted by molar-refractivity contribution is 6.26. The maximum absolute atomic E-state index is 12.9. The maximum atomic E-state index is 12.9. The number of carbonyl (C=O) groups is 2. The summed E-state index contributed by atoms with van der Waals surface area (Å²) in [7, 11) is 0. The SMILES string of the molecule is CCCN1C(=O)c2cccc3c(N/N=C(\C)Cn4c([N+](=O)[O-])cnc4C)ccc(c23)C1=O. The van der Waals surface area contributed by atoms with Crippen molar-refractivity contribution in [2.75, 3.05) is 12.0 Å². The number of carbonyl (C=O) groups excluding carboxylic acids is 2. The predicted octanol–water partition coefficient (Wildman–Crippen LogP) is 3.75. The van der Waals surface area contributed by atoms with Gasteiger partial charge in [-0.3, -0.25) is 19.9 Å². The minimum absolute atomic E-state index is 0.104. The van der Waals surface area contributed by atoms with Crippen LogP contribution in [0.1, 0.15) is 46.8 Å². The molecule has 1 aliphatic heterocycles. The van der Waals surface area contributed by atoms with Crippen molar-refractivity contribution in [1.82, 2.24) is 14.5 Å². The number of imide groups is 1. The van der Waals surface area contributed by atoms with Crippen molar-refractivity contribution in [3.05, 3.63) is 63.6 Å². The van der Waals surface area contributed by atoms with Gasteiger partial charge in [0, 0.05) is 35.4 Å². The summed E-state index contributed by atoms with van der Waals surface area (Å²) >= 11 is 0. The fourth-order valence-electron chi connectivity index (χ4n) is 3.89. The van der Waals surface area contributed by atoms with Crippen LogP contribution in [0.5, 0.6) is 0 Å². The highest BCUT2D eigenvalue weighted by atomic mass is 16.6. The third-order valence-electron chi connectivity index (χ3n) is 5.41. The Morgan fingerprint density at radius 1 is 1.19 bits per heavy atom. The van der Waals surface area contributed by atoms with E-state index >= 15 is 0 Å². The summed E-state index contributed by atoms with van der Waals surface area (Å²) in [5.74, 6) is -0.182. The second-order valence-corrected chi connectivity index (χ2v) is 7.62. The number of nitro groups is 1. The third kappa shape index (κ3) is 3.49. The van der Waals surface area contributed by atoms with Crippen LogP contribution in [0.4, 0.5) is 11.5 Å². The molecule has 0 fully saturated rings. The average Bonchev–Trinajstić information content (AvgIpc) is 3.14. The molecule has 2 aromatic carbocycles. The lowest BCUT2D eigenvalue weighted by Gasteiger charge is -2.27. The van der Waals surface area contributed by atoms with Crippen molar-refractivity contribution in [2.45, 2.75) is 33.7 Å². The van der Waals surface area contributed by atoms with Gasteiger partial charge in [0.25, 0.3) is 11.8 Å². The number of anilines is 1. The minimum Gasteiger partial charge on any atom is -0.358 e. The van der Waals surface area contributed by atoms with Crippen LogP contribution in [-0.2, 0) is 6.54 Å². The van der Waals surface area contributed by atoms with Gasteiger partial charge in [-0.1, -0.05) is 19.1 Å². The largest absolute Gasteiger partial charge is 0.358 e. The van der Waals surface area contributed by atoms with Crippen LogP contribution in [0.2, 0.25) is 0 Å². The summed E-state index contributed by atoms with van der Waals surface area (Å²) in [5.41, 5.74) is 5.18. The summed E-state index contributed by atoms with van der Waals surface area (Å²) in [6.45, 7) is 5.92. The molecule has 0 aliphatic carbocycles. The van der Waals surface area contributed by atoms with E-state index in [1.165, 1.54) is 15.7 Å². The van der Waals surface area contributed by atoms with Crippen molar-refractivity contribution < 1.29 is 14.5 Å². The van der Waals surface area contributed by atoms with E-state index in [4.69, 9.17) is 0 Å². The van der Waals surface area contributed by atoms with Crippen molar-refractivity contribution >= 4 is 39.8 Å². The Labute approximate surface area is 183 Å².